The molecule has 0 spiro atoms. The van der Waals surface area contributed by atoms with E-state index in [4.69, 9.17) is 14.6 Å². The van der Waals surface area contributed by atoms with Gasteiger partial charge in [0.15, 0.2) is 6.61 Å². The molecule has 1 aliphatic rings. The predicted octanol–water partition coefficient (Wildman–Crippen LogP) is 0.606. The molecule has 9 heteroatoms. The molecule has 0 unspecified atom stereocenters. The molecule has 1 aromatic carbocycles. The zero-order valence-corrected chi connectivity index (χ0v) is 13.4. The molecule has 1 fully saturated rings. The number of benzene rings is 1. The lowest BCUT2D eigenvalue weighted by Crippen LogP contribution is -2.35. The van der Waals surface area contributed by atoms with E-state index in [-0.39, 0.29) is 18.9 Å². The number of para-hydroxylation sites is 1. The van der Waals surface area contributed by atoms with Crippen LogP contribution < -0.4 is 10.1 Å². The molecular weight excluding hydrogens is 332 g/mol. The lowest BCUT2D eigenvalue weighted by Gasteiger charge is -2.09. The van der Waals surface area contributed by atoms with Gasteiger partial charge in [-0.25, -0.2) is 14.5 Å². The Morgan fingerprint density at radius 3 is 2.68 bits per heavy atom. The fraction of sp³-hybridized carbons (Fsp3) is 0.250. The normalized spacial score (nSPS) is 15.2. The van der Waals surface area contributed by atoms with Crippen LogP contribution in [-0.2, 0) is 19.1 Å². The van der Waals surface area contributed by atoms with Crippen molar-refractivity contribution in [3.05, 3.63) is 35.5 Å². The number of carboxylic acids is 1. The van der Waals surface area contributed by atoms with Crippen LogP contribution >= 0.6 is 0 Å². The fourth-order valence-electron chi connectivity index (χ4n) is 2.08. The molecule has 1 heterocycles. The highest BCUT2D eigenvalue weighted by atomic mass is 16.6. The van der Waals surface area contributed by atoms with Gasteiger partial charge < -0.3 is 19.9 Å². The molecule has 9 nitrogen and oxygen atoms in total. The number of carboxylic acid groups (broad SMARTS) is 1. The first-order valence-corrected chi connectivity index (χ1v) is 7.36. The second-order valence-electron chi connectivity index (χ2n) is 4.90. The maximum absolute atomic E-state index is 12.1. The SMILES string of the molecule is CCOC(=O)COc1ccccc1/C=C1/NC(=O)N(CC(=O)O)C1=O. The number of imide groups is 1. The van der Waals surface area contributed by atoms with Crippen molar-refractivity contribution in [3.63, 3.8) is 0 Å². The van der Waals surface area contributed by atoms with Crippen molar-refractivity contribution in [2.75, 3.05) is 19.8 Å². The summed E-state index contributed by atoms with van der Waals surface area (Å²) in [6, 6.07) is 5.74. The molecule has 1 aliphatic heterocycles. The average molecular weight is 348 g/mol. The standard InChI is InChI=1S/C16H16N2O7/c1-2-24-14(21)9-25-12-6-4-3-5-10(12)7-11-15(22)18(8-13(19)20)16(23)17-11/h3-7H,2,8-9H2,1H3,(H,17,23)(H,19,20)/b11-7+. The van der Waals surface area contributed by atoms with Gasteiger partial charge in [0, 0.05) is 5.56 Å². The number of rotatable bonds is 7. The van der Waals surface area contributed by atoms with Crippen LogP contribution in [0.15, 0.2) is 30.0 Å². The third kappa shape index (κ3) is 4.56. The van der Waals surface area contributed by atoms with Crippen molar-refractivity contribution >= 4 is 30.0 Å². The van der Waals surface area contributed by atoms with E-state index >= 15 is 0 Å². The lowest BCUT2D eigenvalue weighted by molar-refractivity contribution is -0.145. The minimum Gasteiger partial charge on any atom is -0.481 e. The zero-order valence-electron chi connectivity index (χ0n) is 13.4. The van der Waals surface area contributed by atoms with Crippen LogP contribution in [-0.4, -0.2) is 53.6 Å². The first-order chi connectivity index (χ1) is 11.9. The van der Waals surface area contributed by atoms with Gasteiger partial charge in [0.1, 0.15) is 18.0 Å². The summed E-state index contributed by atoms with van der Waals surface area (Å²) in [4.78, 5) is 46.5. The number of aliphatic carboxylic acids is 1. The average Bonchev–Trinajstić information content (AvgIpc) is 2.81. The Balaban J connectivity index is 2.18. The molecule has 0 bridgehead atoms. The van der Waals surface area contributed by atoms with Crippen LogP contribution in [0.1, 0.15) is 12.5 Å². The predicted molar refractivity (Wildman–Crippen MR) is 84.4 cm³/mol. The summed E-state index contributed by atoms with van der Waals surface area (Å²) in [6.07, 6.45) is 1.35. The number of amides is 3. The molecule has 2 N–H and O–H groups in total. The van der Waals surface area contributed by atoms with Gasteiger partial charge in [0.2, 0.25) is 0 Å². The molecule has 132 valence electrons. The zero-order chi connectivity index (χ0) is 18.4. The second-order valence-corrected chi connectivity index (χ2v) is 4.90. The van der Waals surface area contributed by atoms with Crippen molar-refractivity contribution in [1.82, 2.24) is 10.2 Å². The van der Waals surface area contributed by atoms with E-state index in [0.717, 1.165) is 0 Å². The van der Waals surface area contributed by atoms with E-state index in [1.807, 2.05) is 0 Å². The number of hydrogen-bond acceptors (Lipinski definition) is 6. The van der Waals surface area contributed by atoms with Crippen molar-refractivity contribution in [2.45, 2.75) is 6.92 Å². The minimum absolute atomic E-state index is 0.0848. The van der Waals surface area contributed by atoms with E-state index in [0.29, 0.717) is 16.2 Å². The third-order valence-corrected chi connectivity index (χ3v) is 3.13. The van der Waals surface area contributed by atoms with E-state index in [1.165, 1.54) is 6.08 Å². The van der Waals surface area contributed by atoms with Crippen LogP contribution in [0.2, 0.25) is 0 Å². The number of urea groups is 1. The Labute approximate surface area is 142 Å². The highest BCUT2D eigenvalue weighted by Gasteiger charge is 2.35. The van der Waals surface area contributed by atoms with Gasteiger partial charge >= 0.3 is 18.0 Å². The third-order valence-electron chi connectivity index (χ3n) is 3.13. The summed E-state index contributed by atoms with van der Waals surface area (Å²) in [7, 11) is 0. The Hall–Kier alpha value is -3.36. The van der Waals surface area contributed by atoms with E-state index in [9.17, 15) is 19.2 Å². The van der Waals surface area contributed by atoms with Crippen molar-refractivity contribution in [1.29, 1.82) is 0 Å². The second kappa shape index (κ2) is 7.95. The van der Waals surface area contributed by atoms with Crippen molar-refractivity contribution < 1.29 is 33.8 Å². The number of carbonyl (C=O) groups is 4. The minimum atomic E-state index is -1.30. The number of nitrogens with one attached hydrogen (secondary N) is 1. The highest BCUT2D eigenvalue weighted by molar-refractivity contribution is 6.15. The summed E-state index contributed by atoms with van der Waals surface area (Å²) in [5.74, 6) is -2.29. The van der Waals surface area contributed by atoms with E-state index in [2.05, 4.69) is 5.32 Å². The summed E-state index contributed by atoms with van der Waals surface area (Å²) < 4.78 is 10.1. The molecule has 0 radical (unpaired) electrons. The van der Waals surface area contributed by atoms with Crippen molar-refractivity contribution in [3.8, 4) is 5.75 Å². The number of ether oxygens (including phenoxy) is 2. The molecule has 0 saturated carbocycles. The number of hydrogen-bond donors (Lipinski definition) is 2. The Bertz CT molecular complexity index is 742. The van der Waals surface area contributed by atoms with E-state index < -0.39 is 30.4 Å². The van der Waals surface area contributed by atoms with Gasteiger partial charge in [0.05, 0.1) is 6.61 Å². The summed E-state index contributed by atoms with van der Waals surface area (Å²) >= 11 is 0. The fourth-order valence-corrected chi connectivity index (χ4v) is 2.08. The quantitative estimate of drug-likeness (QED) is 0.420. The number of carbonyl (C=O) groups excluding carboxylic acids is 3. The first kappa shape index (κ1) is 18.0. The Morgan fingerprint density at radius 1 is 1.28 bits per heavy atom. The van der Waals surface area contributed by atoms with E-state index in [1.54, 1.807) is 31.2 Å². The van der Waals surface area contributed by atoms with Crippen molar-refractivity contribution in [2.24, 2.45) is 0 Å². The summed E-state index contributed by atoms with van der Waals surface area (Å²) in [5, 5.41) is 11.0. The smallest absolute Gasteiger partial charge is 0.344 e. The molecule has 2 rings (SSSR count). The molecule has 0 aliphatic carbocycles. The first-order valence-electron chi connectivity index (χ1n) is 7.36. The highest BCUT2D eigenvalue weighted by Crippen LogP contribution is 2.22. The molecule has 0 atom stereocenters. The number of esters is 1. The van der Waals surface area contributed by atoms with Gasteiger partial charge in [-0.2, -0.15) is 0 Å². The molecule has 3 amide bonds. The lowest BCUT2D eigenvalue weighted by atomic mass is 10.1. The van der Waals surface area contributed by atoms with Gasteiger partial charge in [-0.15, -0.1) is 0 Å². The largest absolute Gasteiger partial charge is 0.481 e. The monoisotopic (exact) mass is 348 g/mol. The molecule has 1 aromatic rings. The summed E-state index contributed by atoms with van der Waals surface area (Å²) in [5.41, 5.74) is 0.353. The topological polar surface area (TPSA) is 122 Å². The van der Waals surface area contributed by atoms with Crippen LogP contribution in [0.3, 0.4) is 0 Å². The van der Waals surface area contributed by atoms with Crippen LogP contribution in [0.25, 0.3) is 6.08 Å². The Kier molecular flexibility index (Phi) is 5.72. The van der Waals surface area contributed by atoms with Crippen LogP contribution in [0, 0.1) is 0 Å². The van der Waals surface area contributed by atoms with Gasteiger partial charge in [-0.1, -0.05) is 18.2 Å². The van der Waals surface area contributed by atoms with Crippen LogP contribution in [0.5, 0.6) is 5.75 Å². The van der Waals surface area contributed by atoms with Gasteiger partial charge in [-0.3, -0.25) is 9.59 Å². The maximum Gasteiger partial charge on any atom is 0.344 e. The van der Waals surface area contributed by atoms with Crippen LogP contribution in [0.4, 0.5) is 4.79 Å². The maximum atomic E-state index is 12.1. The summed E-state index contributed by atoms with van der Waals surface area (Å²) in [6.45, 7) is 0.865. The molecule has 0 aromatic heterocycles. The number of nitrogens with zero attached hydrogens (tertiary/aromatic N) is 1. The molecular formula is C16H16N2O7. The van der Waals surface area contributed by atoms with Gasteiger partial charge in [0.25, 0.3) is 5.91 Å². The Morgan fingerprint density at radius 2 is 2.00 bits per heavy atom. The van der Waals surface area contributed by atoms with Gasteiger partial charge in [-0.05, 0) is 19.1 Å². The molecule has 1 saturated heterocycles. The molecule has 25 heavy (non-hydrogen) atoms.